The highest BCUT2D eigenvalue weighted by Gasteiger charge is 2.03. The molecule has 0 fully saturated rings. The molecule has 18 heavy (non-hydrogen) atoms. The molecule has 0 bridgehead atoms. The number of methoxy groups -OCH3 is 1. The SMILES string of the molecule is CCc1ccc(Sc2ccc(OC)cc2)cc1F. The second kappa shape index (κ2) is 5.91. The molecule has 0 spiro atoms. The third-order valence-electron chi connectivity index (χ3n) is 2.70. The topological polar surface area (TPSA) is 9.23 Å². The molecule has 94 valence electrons. The van der Waals surface area contributed by atoms with E-state index in [9.17, 15) is 4.39 Å². The lowest BCUT2D eigenvalue weighted by molar-refractivity contribution is 0.414. The van der Waals surface area contributed by atoms with Crippen LogP contribution in [0.15, 0.2) is 52.3 Å². The number of aryl methyl sites for hydroxylation is 1. The summed E-state index contributed by atoms with van der Waals surface area (Å²) in [4.78, 5) is 1.98. The van der Waals surface area contributed by atoms with Crippen LogP contribution < -0.4 is 4.74 Å². The van der Waals surface area contributed by atoms with Gasteiger partial charge in [0.05, 0.1) is 7.11 Å². The van der Waals surface area contributed by atoms with Crippen molar-refractivity contribution in [3.8, 4) is 5.75 Å². The van der Waals surface area contributed by atoms with E-state index in [0.29, 0.717) is 0 Å². The average Bonchev–Trinajstić information content (AvgIpc) is 2.40. The van der Waals surface area contributed by atoms with E-state index in [1.165, 1.54) is 0 Å². The lowest BCUT2D eigenvalue weighted by Crippen LogP contribution is -1.87. The van der Waals surface area contributed by atoms with Gasteiger partial charge in [-0.2, -0.15) is 0 Å². The van der Waals surface area contributed by atoms with Crippen molar-refractivity contribution < 1.29 is 9.13 Å². The smallest absolute Gasteiger partial charge is 0.127 e. The van der Waals surface area contributed by atoms with Gasteiger partial charge in [-0.3, -0.25) is 0 Å². The fourth-order valence-corrected chi connectivity index (χ4v) is 2.50. The lowest BCUT2D eigenvalue weighted by Gasteiger charge is -2.05. The van der Waals surface area contributed by atoms with Gasteiger partial charge in [0.25, 0.3) is 0 Å². The van der Waals surface area contributed by atoms with Gasteiger partial charge in [-0.1, -0.05) is 24.8 Å². The molecule has 0 aromatic heterocycles. The van der Waals surface area contributed by atoms with E-state index in [2.05, 4.69) is 0 Å². The van der Waals surface area contributed by atoms with Gasteiger partial charge in [-0.05, 0) is 48.4 Å². The molecule has 0 aliphatic heterocycles. The highest BCUT2D eigenvalue weighted by atomic mass is 32.2. The Bertz CT molecular complexity index is 523. The first-order chi connectivity index (χ1) is 8.72. The Morgan fingerprint density at radius 2 is 1.72 bits per heavy atom. The first kappa shape index (κ1) is 13.0. The Hall–Kier alpha value is -1.48. The lowest BCUT2D eigenvalue weighted by atomic mass is 10.2. The van der Waals surface area contributed by atoms with Gasteiger partial charge < -0.3 is 4.74 Å². The Balaban J connectivity index is 2.15. The van der Waals surface area contributed by atoms with Crippen molar-refractivity contribution in [3.63, 3.8) is 0 Å². The first-order valence-corrected chi connectivity index (χ1v) is 6.65. The number of hydrogen-bond donors (Lipinski definition) is 0. The summed E-state index contributed by atoms with van der Waals surface area (Å²) in [5, 5.41) is 0. The Morgan fingerprint density at radius 1 is 1.06 bits per heavy atom. The fourth-order valence-electron chi connectivity index (χ4n) is 1.66. The van der Waals surface area contributed by atoms with Crippen LogP contribution in [0.5, 0.6) is 5.75 Å². The standard InChI is InChI=1S/C15H15FOS/c1-3-11-4-7-14(10-15(11)16)18-13-8-5-12(17-2)6-9-13/h4-10H,3H2,1-2H3. The molecule has 0 aliphatic rings. The van der Waals surface area contributed by atoms with E-state index in [-0.39, 0.29) is 5.82 Å². The maximum atomic E-state index is 13.6. The highest BCUT2D eigenvalue weighted by Crippen LogP contribution is 2.30. The van der Waals surface area contributed by atoms with Gasteiger partial charge in [0.15, 0.2) is 0 Å². The molecule has 1 nitrogen and oxygen atoms in total. The maximum absolute atomic E-state index is 13.6. The van der Waals surface area contributed by atoms with Crippen LogP contribution in [0.2, 0.25) is 0 Å². The molecular weight excluding hydrogens is 247 g/mol. The predicted octanol–water partition coefficient (Wildman–Crippen LogP) is 4.55. The fraction of sp³-hybridized carbons (Fsp3) is 0.200. The first-order valence-electron chi connectivity index (χ1n) is 5.83. The van der Waals surface area contributed by atoms with Crippen LogP contribution in [0.3, 0.4) is 0 Å². The summed E-state index contributed by atoms with van der Waals surface area (Å²) < 4.78 is 18.7. The van der Waals surface area contributed by atoms with Gasteiger partial charge in [-0.25, -0.2) is 4.39 Å². The third-order valence-corrected chi connectivity index (χ3v) is 3.70. The minimum absolute atomic E-state index is 0.129. The van der Waals surface area contributed by atoms with Gasteiger partial charge in [0, 0.05) is 9.79 Å². The van der Waals surface area contributed by atoms with Crippen LogP contribution in [0.1, 0.15) is 12.5 Å². The number of rotatable bonds is 4. The highest BCUT2D eigenvalue weighted by molar-refractivity contribution is 7.99. The normalized spacial score (nSPS) is 10.4. The molecule has 0 radical (unpaired) electrons. The van der Waals surface area contributed by atoms with Crippen LogP contribution in [0.25, 0.3) is 0 Å². The van der Waals surface area contributed by atoms with Crippen LogP contribution in [0.4, 0.5) is 4.39 Å². The molecular formula is C15H15FOS. The summed E-state index contributed by atoms with van der Waals surface area (Å²) >= 11 is 1.54. The quantitative estimate of drug-likeness (QED) is 0.799. The summed E-state index contributed by atoms with van der Waals surface area (Å²) in [6.45, 7) is 1.95. The zero-order valence-electron chi connectivity index (χ0n) is 10.4. The average molecular weight is 262 g/mol. The van der Waals surface area contributed by atoms with Crippen molar-refractivity contribution in [1.29, 1.82) is 0 Å². The van der Waals surface area contributed by atoms with E-state index in [0.717, 1.165) is 27.5 Å². The number of hydrogen-bond acceptors (Lipinski definition) is 2. The molecule has 3 heteroatoms. The van der Waals surface area contributed by atoms with Crippen molar-refractivity contribution in [2.45, 2.75) is 23.1 Å². The molecule has 0 aliphatic carbocycles. The maximum Gasteiger partial charge on any atom is 0.127 e. The van der Waals surface area contributed by atoms with Crippen molar-refractivity contribution in [2.75, 3.05) is 7.11 Å². The van der Waals surface area contributed by atoms with E-state index in [1.54, 1.807) is 24.9 Å². The van der Waals surface area contributed by atoms with Crippen molar-refractivity contribution in [3.05, 3.63) is 53.8 Å². The van der Waals surface area contributed by atoms with Crippen LogP contribution in [-0.4, -0.2) is 7.11 Å². The van der Waals surface area contributed by atoms with E-state index in [4.69, 9.17) is 4.74 Å². The van der Waals surface area contributed by atoms with Crippen LogP contribution >= 0.6 is 11.8 Å². The Labute approximate surface area is 111 Å². The summed E-state index contributed by atoms with van der Waals surface area (Å²) in [5.74, 6) is 0.697. The Morgan fingerprint density at radius 3 is 2.28 bits per heavy atom. The third kappa shape index (κ3) is 3.05. The second-order valence-electron chi connectivity index (χ2n) is 3.88. The van der Waals surface area contributed by atoms with Gasteiger partial charge in [0.1, 0.15) is 11.6 Å². The van der Waals surface area contributed by atoms with E-state index in [1.807, 2.05) is 43.3 Å². The van der Waals surface area contributed by atoms with Gasteiger partial charge in [-0.15, -0.1) is 0 Å². The van der Waals surface area contributed by atoms with Crippen molar-refractivity contribution in [2.24, 2.45) is 0 Å². The molecule has 2 rings (SSSR count). The molecule has 0 atom stereocenters. The number of halogens is 1. The largest absolute Gasteiger partial charge is 0.497 e. The summed E-state index contributed by atoms with van der Waals surface area (Å²) in [7, 11) is 1.64. The minimum Gasteiger partial charge on any atom is -0.497 e. The molecule has 0 saturated heterocycles. The van der Waals surface area contributed by atoms with E-state index >= 15 is 0 Å². The molecule has 0 amide bonds. The zero-order chi connectivity index (χ0) is 13.0. The zero-order valence-corrected chi connectivity index (χ0v) is 11.3. The molecule has 2 aromatic carbocycles. The predicted molar refractivity (Wildman–Crippen MR) is 72.9 cm³/mol. The molecule has 0 unspecified atom stereocenters. The van der Waals surface area contributed by atoms with Crippen LogP contribution in [0, 0.1) is 5.82 Å². The van der Waals surface area contributed by atoms with Gasteiger partial charge >= 0.3 is 0 Å². The van der Waals surface area contributed by atoms with E-state index < -0.39 is 0 Å². The summed E-state index contributed by atoms with van der Waals surface area (Å²) in [6, 6.07) is 13.1. The Kier molecular flexibility index (Phi) is 4.26. The molecule has 0 saturated carbocycles. The molecule has 0 heterocycles. The van der Waals surface area contributed by atoms with Gasteiger partial charge in [0.2, 0.25) is 0 Å². The number of benzene rings is 2. The summed E-state index contributed by atoms with van der Waals surface area (Å²) in [5.41, 5.74) is 0.758. The monoisotopic (exact) mass is 262 g/mol. The second-order valence-corrected chi connectivity index (χ2v) is 5.03. The molecule has 0 N–H and O–H groups in total. The number of ether oxygens (including phenoxy) is 1. The minimum atomic E-state index is -0.129. The van der Waals surface area contributed by atoms with Crippen molar-refractivity contribution >= 4 is 11.8 Å². The van der Waals surface area contributed by atoms with Crippen LogP contribution in [-0.2, 0) is 6.42 Å². The molecule has 2 aromatic rings. The van der Waals surface area contributed by atoms with Crippen molar-refractivity contribution in [1.82, 2.24) is 0 Å². The summed E-state index contributed by atoms with van der Waals surface area (Å²) in [6.07, 6.45) is 0.722.